The van der Waals surface area contributed by atoms with E-state index in [0.29, 0.717) is 0 Å². The number of benzene rings is 1. The van der Waals surface area contributed by atoms with E-state index >= 15 is 0 Å². The molecule has 25 heavy (non-hydrogen) atoms. The standard InChI is InChI=1S/C8H9N3.C8H7NO.2C2H6/c1-6-4-3-5-11-8(6)9-7(2)10-11;1-6-7-4-2-3-5-8(7)10-9-6;2*1-2/h3-5H,1-2H3;2-5H,1H3;2*1-2H3. The van der Waals surface area contributed by atoms with Gasteiger partial charge < -0.3 is 4.52 Å². The van der Waals surface area contributed by atoms with Crippen molar-refractivity contribution in [3.05, 3.63) is 59.7 Å². The zero-order valence-corrected chi connectivity index (χ0v) is 16.2. The van der Waals surface area contributed by atoms with Gasteiger partial charge in [-0.15, -0.1) is 0 Å². The first-order valence-corrected chi connectivity index (χ1v) is 8.75. The molecule has 0 saturated heterocycles. The number of aryl methyl sites for hydroxylation is 3. The molecule has 0 amide bonds. The molecule has 3 aromatic heterocycles. The zero-order chi connectivity index (χ0) is 18.8. The minimum absolute atomic E-state index is 0.819. The van der Waals surface area contributed by atoms with E-state index < -0.39 is 0 Å². The zero-order valence-electron chi connectivity index (χ0n) is 16.2. The fourth-order valence-corrected chi connectivity index (χ4v) is 2.16. The Morgan fingerprint density at radius 2 is 1.56 bits per heavy atom. The van der Waals surface area contributed by atoms with E-state index in [1.165, 1.54) is 0 Å². The molecule has 4 aromatic rings. The van der Waals surface area contributed by atoms with Crippen LogP contribution in [0.3, 0.4) is 0 Å². The van der Waals surface area contributed by atoms with E-state index in [1.54, 1.807) is 4.52 Å². The molecule has 0 bridgehead atoms. The molecule has 0 N–H and O–H groups in total. The number of pyridine rings is 1. The molecule has 0 saturated carbocycles. The fourth-order valence-electron chi connectivity index (χ4n) is 2.16. The van der Waals surface area contributed by atoms with Crippen LogP contribution in [0.25, 0.3) is 16.6 Å². The average Bonchev–Trinajstić information content (AvgIpc) is 3.23. The van der Waals surface area contributed by atoms with Gasteiger partial charge in [0.05, 0.1) is 5.69 Å². The van der Waals surface area contributed by atoms with Gasteiger partial charge in [-0.3, -0.25) is 0 Å². The van der Waals surface area contributed by atoms with Crippen molar-refractivity contribution < 1.29 is 4.52 Å². The highest BCUT2D eigenvalue weighted by Crippen LogP contribution is 2.15. The lowest BCUT2D eigenvalue weighted by molar-refractivity contribution is 0.450. The molecular formula is C20H28N4O. The Hall–Kier alpha value is -2.69. The largest absolute Gasteiger partial charge is 0.356 e. The number of fused-ring (bicyclic) bond motifs is 2. The van der Waals surface area contributed by atoms with Crippen LogP contribution in [-0.2, 0) is 0 Å². The summed E-state index contributed by atoms with van der Waals surface area (Å²) in [5, 5.41) is 9.10. The summed E-state index contributed by atoms with van der Waals surface area (Å²) in [7, 11) is 0. The van der Waals surface area contributed by atoms with Crippen molar-refractivity contribution >= 4 is 16.6 Å². The summed E-state index contributed by atoms with van der Waals surface area (Å²) in [5.74, 6) is 0.819. The summed E-state index contributed by atoms with van der Waals surface area (Å²) in [5.41, 5.74) is 3.92. The fraction of sp³-hybridized carbons (Fsp3) is 0.350. The molecule has 0 atom stereocenters. The molecule has 0 radical (unpaired) electrons. The van der Waals surface area contributed by atoms with Gasteiger partial charge in [-0.2, -0.15) is 5.10 Å². The molecular weight excluding hydrogens is 312 g/mol. The third kappa shape index (κ3) is 5.14. The minimum atomic E-state index is 0.819. The molecule has 134 valence electrons. The van der Waals surface area contributed by atoms with Crippen LogP contribution in [0.15, 0.2) is 47.1 Å². The van der Waals surface area contributed by atoms with E-state index in [4.69, 9.17) is 4.52 Å². The number of aromatic nitrogens is 4. The lowest BCUT2D eigenvalue weighted by Gasteiger charge is -1.92. The van der Waals surface area contributed by atoms with E-state index in [-0.39, 0.29) is 0 Å². The normalized spacial score (nSPS) is 9.40. The molecule has 0 aliphatic carbocycles. The molecule has 0 unspecified atom stereocenters. The summed E-state index contributed by atoms with van der Waals surface area (Å²) in [6.07, 6.45) is 1.91. The Morgan fingerprint density at radius 1 is 0.880 bits per heavy atom. The van der Waals surface area contributed by atoms with Gasteiger partial charge in [0.25, 0.3) is 0 Å². The Balaban J connectivity index is 0.000000210. The number of para-hydroxylation sites is 1. The number of hydrogen-bond donors (Lipinski definition) is 0. The molecule has 0 fully saturated rings. The number of rotatable bonds is 0. The van der Waals surface area contributed by atoms with Crippen LogP contribution in [0, 0.1) is 20.8 Å². The maximum atomic E-state index is 5.00. The van der Waals surface area contributed by atoms with Crippen LogP contribution in [0.1, 0.15) is 44.8 Å². The maximum absolute atomic E-state index is 5.00. The third-order valence-electron chi connectivity index (χ3n) is 3.22. The van der Waals surface area contributed by atoms with Gasteiger partial charge in [0, 0.05) is 11.6 Å². The van der Waals surface area contributed by atoms with E-state index in [1.807, 2.05) is 91.1 Å². The second-order valence-electron chi connectivity index (χ2n) is 4.88. The second kappa shape index (κ2) is 10.2. The van der Waals surface area contributed by atoms with Crippen LogP contribution in [0.2, 0.25) is 0 Å². The van der Waals surface area contributed by atoms with Gasteiger partial charge in [-0.1, -0.05) is 51.1 Å². The van der Waals surface area contributed by atoms with Gasteiger partial charge in [0.1, 0.15) is 5.82 Å². The van der Waals surface area contributed by atoms with Crippen molar-refractivity contribution in [1.82, 2.24) is 19.8 Å². The van der Waals surface area contributed by atoms with Crippen LogP contribution in [-0.4, -0.2) is 19.8 Å². The van der Waals surface area contributed by atoms with Crippen molar-refractivity contribution in [2.24, 2.45) is 0 Å². The van der Waals surface area contributed by atoms with Gasteiger partial charge in [0.15, 0.2) is 11.2 Å². The van der Waals surface area contributed by atoms with E-state index in [2.05, 4.69) is 15.2 Å². The lowest BCUT2D eigenvalue weighted by Crippen LogP contribution is -1.87. The van der Waals surface area contributed by atoms with Crippen molar-refractivity contribution in [3.8, 4) is 0 Å². The second-order valence-corrected chi connectivity index (χ2v) is 4.88. The van der Waals surface area contributed by atoms with Gasteiger partial charge >= 0.3 is 0 Å². The molecule has 5 nitrogen and oxygen atoms in total. The summed E-state index contributed by atoms with van der Waals surface area (Å²) in [6.45, 7) is 13.9. The van der Waals surface area contributed by atoms with E-state index in [9.17, 15) is 0 Å². The van der Waals surface area contributed by atoms with Crippen LogP contribution < -0.4 is 0 Å². The lowest BCUT2D eigenvalue weighted by atomic mass is 10.2. The highest BCUT2D eigenvalue weighted by molar-refractivity contribution is 5.78. The number of nitrogens with zero attached hydrogens (tertiary/aromatic N) is 4. The topological polar surface area (TPSA) is 56.2 Å². The number of hydrogen-bond acceptors (Lipinski definition) is 4. The quantitative estimate of drug-likeness (QED) is 0.422. The van der Waals surface area contributed by atoms with Crippen LogP contribution >= 0.6 is 0 Å². The van der Waals surface area contributed by atoms with Crippen molar-refractivity contribution in [2.75, 3.05) is 0 Å². The van der Waals surface area contributed by atoms with Gasteiger partial charge in [-0.05, 0) is 44.5 Å². The highest BCUT2D eigenvalue weighted by atomic mass is 16.5. The smallest absolute Gasteiger partial charge is 0.167 e. The maximum Gasteiger partial charge on any atom is 0.167 e. The van der Waals surface area contributed by atoms with Crippen molar-refractivity contribution in [1.29, 1.82) is 0 Å². The Morgan fingerprint density at radius 3 is 2.20 bits per heavy atom. The van der Waals surface area contributed by atoms with Crippen LogP contribution in [0.4, 0.5) is 0 Å². The van der Waals surface area contributed by atoms with Crippen molar-refractivity contribution in [3.63, 3.8) is 0 Å². The molecule has 3 heterocycles. The van der Waals surface area contributed by atoms with Crippen molar-refractivity contribution in [2.45, 2.75) is 48.5 Å². The molecule has 4 rings (SSSR count). The first-order valence-electron chi connectivity index (χ1n) is 8.75. The summed E-state index contributed by atoms with van der Waals surface area (Å²) < 4.78 is 6.79. The predicted octanol–water partition coefficient (Wildman–Crippen LogP) is 5.53. The molecule has 0 aliphatic rings. The first kappa shape index (κ1) is 20.4. The van der Waals surface area contributed by atoms with Gasteiger partial charge in [-0.25, -0.2) is 9.50 Å². The molecule has 1 aromatic carbocycles. The summed E-state index contributed by atoms with van der Waals surface area (Å²) >= 11 is 0. The Bertz CT molecular complexity index is 893. The monoisotopic (exact) mass is 340 g/mol. The Labute approximate surface area is 149 Å². The molecule has 5 heteroatoms. The average molecular weight is 340 g/mol. The molecule has 0 spiro atoms. The summed E-state index contributed by atoms with van der Waals surface area (Å²) in [6, 6.07) is 11.8. The van der Waals surface area contributed by atoms with Gasteiger partial charge in [0.2, 0.25) is 0 Å². The van der Waals surface area contributed by atoms with E-state index in [0.717, 1.165) is 33.7 Å². The minimum Gasteiger partial charge on any atom is -0.356 e. The summed E-state index contributed by atoms with van der Waals surface area (Å²) in [4.78, 5) is 4.26. The molecule has 0 aliphatic heterocycles. The third-order valence-corrected chi connectivity index (χ3v) is 3.22. The highest BCUT2D eigenvalue weighted by Gasteiger charge is 2.00. The SMILES string of the molecule is CC.CC.Cc1nc2c(C)cccn2n1.Cc1noc2ccccc12. The first-order chi connectivity index (χ1) is 12.1. The Kier molecular flexibility index (Phi) is 8.33. The van der Waals surface area contributed by atoms with Crippen LogP contribution in [0.5, 0.6) is 0 Å². The predicted molar refractivity (Wildman–Crippen MR) is 104 cm³/mol.